The van der Waals surface area contributed by atoms with Gasteiger partial charge in [0.1, 0.15) is 0 Å². The van der Waals surface area contributed by atoms with Crippen molar-refractivity contribution in [1.82, 2.24) is 9.97 Å². The van der Waals surface area contributed by atoms with Crippen LogP contribution in [-0.2, 0) is 6.42 Å². The number of anilines is 1. The Morgan fingerprint density at radius 2 is 2.31 bits per heavy atom. The topological polar surface area (TPSA) is 75.0 Å². The van der Waals surface area contributed by atoms with E-state index in [2.05, 4.69) is 9.97 Å². The van der Waals surface area contributed by atoms with Crippen molar-refractivity contribution in [2.24, 2.45) is 5.73 Å². The Kier molecular flexibility index (Phi) is 3.02. The van der Waals surface area contributed by atoms with Crippen LogP contribution in [0.3, 0.4) is 0 Å². The first-order valence-corrected chi connectivity index (χ1v) is 4.11. The molecule has 0 atom stereocenters. The molecule has 0 aliphatic rings. The molecular formula is C8H14N4O. The SMILES string of the molecule is CN(C)c1nc(CCN)cc(=O)[nH]1. The summed E-state index contributed by atoms with van der Waals surface area (Å²) in [7, 11) is 3.65. The zero-order valence-electron chi connectivity index (χ0n) is 7.87. The number of aromatic nitrogens is 2. The molecule has 1 heterocycles. The normalized spacial score (nSPS) is 10.1. The smallest absolute Gasteiger partial charge is 0.252 e. The number of hydrogen-bond donors (Lipinski definition) is 2. The Balaban J connectivity index is 3.04. The molecule has 0 saturated heterocycles. The van der Waals surface area contributed by atoms with Crippen molar-refractivity contribution in [3.63, 3.8) is 0 Å². The fraction of sp³-hybridized carbons (Fsp3) is 0.500. The van der Waals surface area contributed by atoms with Crippen LogP contribution in [0, 0.1) is 0 Å². The van der Waals surface area contributed by atoms with Crippen LogP contribution in [0.25, 0.3) is 0 Å². The van der Waals surface area contributed by atoms with Crippen LogP contribution in [0.4, 0.5) is 5.95 Å². The molecule has 0 unspecified atom stereocenters. The summed E-state index contributed by atoms with van der Waals surface area (Å²) in [4.78, 5) is 19.7. The summed E-state index contributed by atoms with van der Waals surface area (Å²) in [6, 6.07) is 1.47. The van der Waals surface area contributed by atoms with E-state index in [0.717, 1.165) is 5.69 Å². The highest BCUT2D eigenvalue weighted by Crippen LogP contribution is 2.00. The summed E-state index contributed by atoms with van der Waals surface area (Å²) in [5.41, 5.74) is 5.97. The molecule has 1 rings (SSSR count). The van der Waals surface area contributed by atoms with Gasteiger partial charge in [0.25, 0.3) is 5.56 Å². The van der Waals surface area contributed by atoms with Gasteiger partial charge < -0.3 is 10.6 Å². The Labute approximate surface area is 76.6 Å². The first kappa shape index (κ1) is 9.73. The highest BCUT2D eigenvalue weighted by molar-refractivity contribution is 5.27. The second-order valence-corrected chi connectivity index (χ2v) is 2.99. The van der Waals surface area contributed by atoms with E-state index in [4.69, 9.17) is 5.73 Å². The van der Waals surface area contributed by atoms with E-state index in [1.54, 1.807) is 4.90 Å². The molecular weight excluding hydrogens is 168 g/mol. The van der Waals surface area contributed by atoms with E-state index in [1.807, 2.05) is 14.1 Å². The van der Waals surface area contributed by atoms with Crippen LogP contribution >= 0.6 is 0 Å². The molecule has 3 N–H and O–H groups in total. The number of rotatable bonds is 3. The lowest BCUT2D eigenvalue weighted by molar-refractivity contribution is 0.880. The van der Waals surface area contributed by atoms with Gasteiger partial charge >= 0.3 is 0 Å². The molecule has 13 heavy (non-hydrogen) atoms. The standard InChI is InChI=1S/C8H14N4O/c1-12(2)8-10-6(3-4-9)5-7(13)11-8/h5H,3-4,9H2,1-2H3,(H,10,11,13). The molecule has 0 aliphatic carbocycles. The van der Waals surface area contributed by atoms with Gasteiger partial charge in [0.15, 0.2) is 0 Å². The average molecular weight is 182 g/mol. The second-order valence-electron chi connectivity index (χ2n) is 2.99. The minimum Gasteiger partial charge on any atom is -0.348 e. The third-order valence-electron chi connectivity index (χ3n) is 1.61. The molecule has 1 aromatic heterocycles. The molecule has 0 saturated carbocycles. The van der Waals surface area contributed by atoms with Gasteiger partial charge in [0.2, 0.25) is 5.95 Å². The van der Waals surface area contributed by atoms with Gasteiger partial charge in [-0.15, -0.1) is 0 Å². The fourth-order valence-electron chi connectivity index (χ4n) is 0.982. The maximum absolute atomic E-state index is 11.1. The monoisotopic (exact) mass is 182 g/mol. The fourth-order valence-corrected chi connectivity index (χ4v) is 0.982. The van der Waals surface area contributed by atoms with Crippen molar-refractivity contribution in [2.45, 2.75) is 6.42 Å². The van der Waals surface area contributed by atoms with Gasteiger partial charge in [-0.3, -0.25) is 9.78 Å². The molecule has 0 fully saturated rings. The van der Waals surface area contributed by atoms with Crippen LogP contribution in [0.2, 0.25) is 0 Å². The van der Waals surface area contributed by atoms with Crippen molar-refractivity contribution in [3.8, 4) is 0 Å². The zero-order valence-corrected chi connectivity index (χ0v) is 7.87. The third-order valence-corrected chi connectivity index (χ3v) is 1.61. The van der Waals surface area contributed by atoms with Gasteiger partial charge in [-0.25, -0.2) is 4.98 Å². The minimum atomic E-state index is -0.137. The summed E-state index contributed by atoms with van der Waals surface area (Å²) in [6.07, 6.45) is 0.630. The van der Waals surface area contributed by atoms with E-state index in [9.17, 15) is 4.79 Å². The predicted molar refractivity (Wildman–Crippen MR) is 51.9 cm³/mol. The molecule has 5 heteroatoms. The van der Waals surface area contributed by atoms with Crippen LogP contribution in [0.15, 0.2) is 10.9 Å². The van der Waals surface area contributed by atoms with Crippen molar-refractivity contribution in [3.05, 3.63) is 22.1 Å². The van der Waals surface area contributed by atoms with E-state index >= 15 is 0 Å². The van der Waals surface area contributed by atoms with Gasteiger partial charge in [-0.2, -0.15) is 0 Å². The third kappa shape index (κ3) is 2.55. The van der Waals surface area contributed by atoms with E-state index in [1.165, 1.54) is 6.07 Å². The van der Waals surface area contributed by atoms with Gasteiger partial charge in [0.05, 0.1) is 5.69 Å². The Morgan fingerprint density at radius 3 is 2.85 bits per heavy atom. The Morgan fingerprint density at radius 1 is 1.62 bits per heavy atom. The number of aromatic amines is 1. The van der Waals surface area contributed by atoms with Crippen LogP contribution in [-0.4, -0.2) is 30.6 Å². The van der Waals surface area contributed by atoms with E-state index in [0.29, 0.717) is 18.9 Å². The lowest BCUT2D eigenvalue weighted by Crippen LogP contribution is -2.20. The first-order chi connectivity index (χ1) is 6.13. The largest absolute Gasteiger partial charge is 0.348 e. The first-order valence-electron chi connectivity index (χ1n) is 4.11. The minimum absolute atomic E-state index is 0.137. The Hall–Kier alpha value is -1.36. The summed E-state index contributed by atoms with van der Waals surface area (Å²) in [5.74, 6) is 0.566. The van der Waals surface area contributed by atoms with Crippen LogP contribution < -0.4 is 16.2 Å². The number of nitrogens with zero attached hydrogens (tertiary/aromatic N) is 2. The van der Waals surface area contributed by atoms with Crippen molar-refractivity contribution in [1.29, 1.82) is 0 Å². The summed E-state index contributed by atoms with van der Waals surface area (Å²) in [6.45, 7) is 0.503. The average Bonchev–Trinajstić information content (AvgIpc) is 2.03. The highest BCUT2D eigenvalue weighted by atomic mass is 16.1. The van der Waals surface area contributed by atoms with Crippen molar-refractivity contribution >= 4 is 5.95 Å². The molecule has 0 aliphatic heterocycles. The van der Waals surface area contributed by atoms with Gasteiger partial charge in [0, 0.05) is 26.6 Å². The van der Waals surface area contributed by atoms with E-state index < -0.39 is 0 Å². The summed E-state index contributed by atoms with van der Waals surface area (Å²) in [5, 5.41) is 0. The molecule has 0 bridgehead atoms. The molecule has 72 valence electrons. The van der Waals surface area contributed by atoms with Crippen molar-refractivity contribution in [2.75, 3.05) is 25.5 Å². The number of hydrogen-bond acceptors (Lipinski definition) is 4. The summed E-state index contributed by atoms with van der Waals surface area (Å²) >= 11 is 0. The molecule has 0 spiro atoms. The molecule has 0 aromatic carbocycles. The van der Waals surface area contributed by atoms with Gasteiger partial charge in [-0.05, 0) is 6.54 Å². The molecule has 1 aromatic rings. The number of nitrogens with two attached hydrogens (primary N) is 1. The van der Waals surface area contributed by atoms with Crippen LogP contribution in [0.5, 0.6) is 0 Å². The quantitative estimate of drug-likeness (QED) is 0.650. The lowest BCUT2D eigenvalue weighted by atomic mass is 10.3. The number of nitrogens with one attached hydrogen (secondary N) is 1. The summed E-state index contributed by atoms with van der Waals surface area (Å²) < 4.78 is 0. The van der Waals surface area contributed by atoms with Crippen molar-refractivity contribution < 1.29 is 0 Å². The van der Waals surface area contributed by atoms with Gasteiger partial charge in [-0.1, -0.05) is 0 Å². The molecule has 0 amide bonds. The maximum Gasteiger partial charge on any atom is 0.252 e. The van der Waals surface area contributed by atoms with Crippen LogP contribution in [0.1, 0.15) is 5.69 Å². The lowest BCUT2D eigenvalue weighted by Gasteiger charge is -2.10. The Bertz CT molecular complexity index is 331. The molecule has 5 nitrogen and oxygen atoms in total. The second kappa shape index (κ2) is 4.04. The highest BCUT2D eigenvalue weighted by Gasteiger charge is 2.01. The number of H-pyrrole nitrogens is 1. The predicted octanol–water partition coefficient (Wildman–Crippen LogP) is -0.663. The molecule has 0 radical (unpaired) electrons. The van der Waals surface area contributed by atoms with E-state index in [-0.39, 0.29) is 5.56 Å². The zero-order chi connectivity index (χ0) is 9.84. The maximum atomic E-state index is 11.1.